The molecule has 1 aliphatic rings. The Bertz CT molecular complexity index is 631. The van der Waals surface area contributed by atoms with Crippen molar-refractivity contribution in [2.24, 2.45) is 5.41 Å². The molecule has 6 heteroatoms. The van der Waals surface area contributed by atoms with E-state index in [4.69, 9.17) is 4.42 Å². The highest BCUT2D eigenvalue weighted by Gasteiger charge is 2.31. The normalized spacial score (nSPS) is 17.1. The van der Waals surface area contributed by atoms with Gasteiger partial charge in [0, 0.05) is 18.7 Å². The van der Waals surface area contributed by atoms with E-state index in [1.54, 1.807) is 6.07 Å². The zero-order valence-electron chi connectivity index (χ0n) is 10.7. The van der Waals surface area contributed by atoms with Crippen LogP contribution >= 0.6 is 0 Å². The highest BCUT2D eigenvalue weighted by atomic mass is 16.6. The summed E-state index contributed by atoms with van der Waals surface area (Å²) in [5, 5.41) is 13.9. The second-order valence-electron chi connectivity index (χ2n) is 5.45. The van der Waals surface area contributed by atoms with Gasteiger partial charge in [-0.05, 0) is 24.3 Å². The first-order valence-corrected chi connectivity index (χ1v) is 6.35. The minimum atomic E-state index is -0.434. The van der Waals surface area contributed by atoms with Gasteiger partial charge in [0.05, 0.1) is 4.92 Å². The van der Waals surface area contributed by atoms with Crippen LogP contribution < -0.4 is 5.32 Å². The summed E-state index contributed by atoms with van der Waals surface area (Å²) in [6, 6.07) is 4.86. The largest absolute Gasteiger partial charge is 0.424 e. The van der Waals surface area contributed by atoms with Gasteiger partial charge in [0.1, 0.15) is 5.52 Å². The number of aromatic nitrogens is 1. The monoisotopic (exact) mass is 261 g/mol. The van der Waals surface area contributed by atoms with Crippen LogP contribution in [0, 0.1) is 15.5 Å². The molecule has 6 nitrogen and oxygen atoms in total. The third-order valence-electron chi connectivity index (χ3n) is 3.81. The Morgan fingerprint density at radius 2 is 2.32 bits per heavy atom. The number of nitrogens with one attached hydrogen (secondary N) is 1. The second kappa shape index (κ2) is 4.22. The van der Waals surface area contributed by atoms with Crippen LogP contribution in [0.4, 0.5) is 11.7 Å². The minimum Gasteiger partial charge on any atom is -0.424 e. The maximum atomic E-state index is 10.7. The van der Waals surface area contributed by atoms with E-state index in [0.717, 1.165) is 6.54 Å². The Morgan fingerprint density at radius 1 is 1.53 bits per heavy atom. The summed E-state index contributed by atoms with van der Waals surface area (Å²) in [5.41, 5.74) is 1.42. The Labute approximate surface area is 110 Å². The van der Waals surface area contributed by atoms with Gasteiger partial charge in [-0.25, -0.2) is 0 Å². The fourth-order valence-corrected chi connectivity index (χ4v) is 2.35. The van der Waals surface area contributed by atoms with E-state index in [1.165, 1.54) is 31.4 Å². The van der Waals surface area contributed by atoms with Gasteiger partial charge in [0.25, 0.3) is 11.7 Å². The summed E-state index contributed by atoms with van der Waals surface area (Å²) in [4.78, 5) is 14.5. The molecule has 0 radical (unpaired) electrons. The average molecular weight is 261 g/mol. The molecule has 0 amide bonds. The molecule has 19 heavy (non-hydrogen) atoms. The van der Waals surface area contributed by atoms with Crippen molar-refractivity contribution in [1.29, 1.82) is 0 Å². The summed E-state index contributed by atoms with van der Waals surface area (Å²) in [5.74, 6) is 0. The molecule has 100 valence electrons. The first-order valence-electron chi connectivity index (χ1n) is 6.35. The van der Waals surface area contributed by atoms with Crippen LogP contribution in [0.2, 0.25) is 0 Å². The third kappa shape index (κ3) is 2.25. The summed E-state index contributed by atoms with van der Waals surface area (Å²) in [7, 11) is 0. The Kier molecular flexibility index (Phi) is 2.66. The fourth-order valence-electron chi connectivity index (χ4n) is 2.35. The quantitative estimate of drug-likeness (QED) is 0.674. The molecule has 2 aromatic rings. The smallest absolute Gasteiger partial charge is 0.295 e. The Morgan fingerprint density at radius 3 is 2.95 bits per heavy atom. The van der Waals surface area contributed by atoms with E-state index in [9.17, 15) is 10.1 Å². The van der Waals surface area contributed by atoms with Crippen molar-refractivity contribution in [3.8, 4) is 0 Å². The van der Waals surface area contributed by atoms with Crippen molar-refractivity contribution in [3.05, 3.63) is 28.3 Å². The lowest BCUT2D eigenvalue weighted by atomic mass is 9.70. The fraction of sp³-hybridized carbons (Fsp3) is 0.462. The molecular weight excluding hydrogens is 246 g/mol. The molecule has 1 aromatic heterocycles. The molecule has 1 aliphatic carbocycles. The number of nitrogens with zero attached hydrogens (tertiary/aromatic N) is 2. The number of fused-ring (bicyclic) bond motifs is 1. The Hall–Kier alpha value is -2.11. The number of nitro benzene ring substituents is 1. The van der Waals surface area contributed by atoms with Crippen molar-refractivity contribution in [1.82, 2.24) is 4.98 Å². The van der Waals surface area contributed by atoms with Gasteiger partial charge in [-0.2, -0.15) is 4.98 Å². The number of non-ortho nitro benzene ring substituents is 1. The van der Waals surface area contributed by atoms with Crippen LogP contribution in [0.3, 0.4) is 0 Å². The molecule has 1 saturated carbocycles. The van der Waals surface area contributed by atoms with Gasteiger partial charge in [-0.3, -0.25) is 10.1 Å². The number of hydrogen-bond donors (Lipinski definition) is 1. The molecule has 0 aliphatic heterocycles. The number of oxazole rings is 1. The van der Waals surface area contributed by atoms with Gasteiger partial charge in [-0.15, -0.1) is 0 Å². The molecule has 1 fully saturated rings. The number of benzene rings is 1. The summed E-state index contributed by atoms with van der Waals surface area (Å²) < 4.78 is 5.52. The third-order valence-corrected chi connectivity index (χ3v) is 3.81. The van der Waals surface area contributed by atoms with E-state index in [-0.39, 0.29) is 5.69 Å². The summed E-state index contributed by atoms with van der Waals surface area (Å²) in [6.45, 7) is 3.05. The molecule has 0 spiro atoms. The second-order valence-corrected chi connectivity index (χ2v) is 5.45. The standard InChI is InChI=1S/C13H15N3O3/c1-13(5-2-6-13)8-14-12-15-10-7-9(16(17)18)3-4-11(10)19-12/h3-4,7H,2,5-6,8H2,1H3,(H,14,15). The number of nitro groups is 1. The maximum absolute atomic E-state index is 10.7. The molecule has 1 N–H and O–H groups in total. The SMILES string of the molecule is CC1(CNc2nc3cc([N+](=O)[O-])ccc3o2)CCC1. The molecule has 0 bridgehead atoms. The predicted octanol–water partition coefficient (Wildman–Crippen LogP) is 3.34. The highest BCUT2D eigenvalue weighted by molar-refractivity contribution is 5.77. The molecule has 1 heterocycles. The highest BCUT2D eigenvalue weighted by Crippen LogP contribution is 2.40. The van der Waals surface area contributed by atoms with Crippen molar-refractivity contribution < 1.29 is 9.34 Å². The van der Waals surface area contributed by atoms with Crippen molar-refractivity contribution in [2.45, 2.75) is 26.2 Å². The molecule has 3 rings (SSSR count). The lowest BCUT2D eigenvalue weighted by Gasteiger charge is -2.38. The van der Waals surface area contributed by atoms with Gasteiger partial charge in [0.2, 0.25) is 0 Å². The average Bonchev–Trinajstić information content (AvgIpc) is 2.75. The molecule has 0 atom stereocenters. The van der Waals surface area contributed by atoms with Crippen LogP contribution in [0.5, 0.6) is 0 Å². The van der Waals surface area contributed by atoms with Crippen LogP contribution in [0.15, 0.2) is 22.6 Å². The topological polar surface area (TPSA) is 81.2 Å². The zero-order chi connectivity index (χ0) is 13.5. The minimum absolute atomic E-state index is 0.0262. The maximum Gasteiger partial charge on any atom is 0.295 e. The summed E-state index contributed by atoms with van der Waals surface area (Å²) in [6.07, 6.45) is 3.70. The molecule has 1 aromatic carbocycles. The number of rotatable bonds is 4. The van der Waals surface area contributed by atoms with Crippen molar-refractivity contribution >= 4 is 22.8 Å². The molecular formula is C13H15N3O3. The first-order chi connectivity index (χ1) is 9.06. The molecule has 0 saturated heterocycles. The lowest BCUT2D eigenvalue weighted by molar-refractivity contribution is -0.384. The van der Waals surface area contributed by atoms with Crippen molar-refractivity contribution in [2.75, 3.05) is 11.9 Å². The van der Waals surface area contributed by atoms with Crippen LogP contribution in [0.25, 0.3) is 11.1 Å². The summed E-state index contributed by atoms with van der Waals surface area (Å²) >= 11 is 0. The first kappa shape index (κ1) is 12.0. The van der Waals surface area contributed by atoms with Gasteiger partial charge in [0.15, 0.2) is 5.58 Å². The zero-order valence-corrected chi connectivity index (χ0v) is 10.7. The van der Waals surface area contributed by atoms with E-state index in [0.29, 0.717) is 22.5 Å². The van der Waals surface area contributed by atoms with Crippen LogP contribution in [-0.2, 0) is 0 Å². The van der Waals surface area contributed by atoms with Crippen LogP contribution in [-0.4, -0.2) is 16.5 Å². The molecule has 0 unspecified atom stereocenters. The number of anilines is 1. The van der Waals surface area contributed by atoms with Crippen molar-refractivity contribution in [3.63, 3.8) is 0 Å². The number of hydrogen-bond acceptors (Lipinski definition) is 5. The van der Waals surface area contributed by atoms with Gasteiger partial charge < -0.3 is 9.73 Å². The van der Waals surface area contributed by atoms with Gasteiger partial charge >= 0.3 is 0 Å². The van der Waals surface area contributed by atoms with E-state index < -0.39 is 4.92 Å². The van der Waals surface area contributed by atoms with E-state index in [2.05, 4.69) is 17.2 Å². The Balaban J connectivity index is 1.79. The predicted molar refractivity (Wildman–Crippen MR) is 71.1 cm³/mol. The lowest BCUT2D eigenvalue weighted by Crippen LogP contribution is -2.33. The van der Waals surface area contributed by atoms with E-state index in [1.807, 2.05) is 0 Å². The van der Waals surface area contributed by atoms with Crippen LogP contribution in [0.1, 0.15) is 26.2 Å². The van der Waals surface area contributed by atoms with E-state index >= 15 is 0 Å². The van der Waals surface area contributed by atoms with Gasteiger partial charge in [-0.1, -0.05) is 13.3 Å².